The number of non-ortho nitro benzene ring substituents is 1. The summed E-state index contributed by atoms with van der Waals surface area (Å²) in [7, 11) is 0. The number of piperidine rings is 1. The number of benzene rings is 2. The molecule has 4 heterocycles. The number of fused-ring (bicyclic) bond motifs is 2. The number of carbonyl (C=O) groups is 3. The van der Waals surface area contributed by atoms with Crippen molar-refractivity contribution in [2.75, 3.05) is 18.0 Å². The summed E-state index contributed by atoms with van der Waals surface area (Å²) < 4.78 is 1.46. The Balaban J connectivity index is 1.40. The molecular weight excluding hydrogens is 540 g/mol. The number of likely N-dealkylation sites (tertiary alicyclic amines) is 1. The fraction of sp³-hybridized carbons (Fsp3) is 0.333. The zero-order valence-electron chi connectivity index (χ0n) is 20.7. The van der Waals surface area contributed by atoms with Gasteiger partial charge in [-0.2, -0.15) is 0 Å². The Morgan fingerprint density at radius 3 is 2.31 bits per heavy atom. The standard InChI is InChI=1S/C27H24N4O6S2/c32-19(28-13-5-2-6-14-28)15-29-26-23(39-27(29)35)20(16-7-3-1-4-8-16)21-22(38-26)25(34)30(24(21)33)17-9-11-18(12-10-17)31(36)37/h1,3-4,7-12,20-22H,2,5-6,13-15H2/t20-,21?,22?/m1/s1. The summed E-state index contributed by atoms with van der Waals surface area (Å²) in [4.78, 5) is 67.7. The van der Waals surface area contributed by atoms with Crippen LogP contribution in [0.3, 0.4) is 0 Å². The summed E-state index contributed by atoms with van der Waals surface area (Å²) >= 11 is 2.18. The Morgan fingerprint density at radius 1 is 0.949 bits per heavy atom. The summed E-state index contributed by atoms with van der Waals surface area (Å²) in [6.45, 7) is 1.23. The predicted molar refractivity (Wildman–Crippen MR) is 146 cm³/mol. The van der Waals surface area contributed by atoms with E-state index in [2.05, 4.69) is 0 Å². The summed E-state index contributed by atoms with van der Waals surface area (Å²) in [5.74, 6) is -2.30. The van der Waals surface area contributed by atoms with E-state index in [0.29, 0.717) is 23.0 Å². The zero-order valence-corrected chi connectivity index (χ0v) is 22.4. The lowest BCUT2D eigenvalue weighted by Gasteiger charge is -2.31. The number of amides is 3. The molecule has 0 bridgehead atoms. The number of hydrogen-bond donors (Lipinski definition) is 0. The molecule has 2 unspecified atom stereocenters. The molecule has 39 heavy (non-hydrogen) atoms. The van der Waals surface area contributed by atoms with Gasteiger partial charge in [-0.1, -0.05) is 53.4 Å². The van der Waals surface area contributed by atoms with Gasteiger partial charge in [0.15, 0.2) is 0 Å². The number of aromatic nitrogens is 1. The highest BCUT2D eigenvalue weighted by molar-refractivity contribution is 8.00. The van der Waals surface area contributed by atoms with Gasteiger partial charge in [-0.15, -0.1) is 0 Å². The first kappa shape index (κ1) is 25.5. The molecule has 0 radical (unpaired) electrons. The van der Waals surface area contributed by atoms with Crippen LogP contribution in [0.5, 0.6) is 0 Å². The highest BCUT2D eigenvalue weighted by Gasteiger charge is 2.56. The Hall–Kier alpha value is -3.77. The number of imide groups is 1. The summed E-state index contributed by atoms with van der Waals surface area (Å²) in [5.41, 5.74) is 0.923. The molecule has 2 aromatic carbocycles. The Kier molecular flexibility index (Phi) is 6.59. The minimum atomic E-state index is -0.810. The van der Waals surface area contributed by atoms with Gasteiger partial charge < -0.3 is 4.90 Å². The van der Waals surface area contributed by atoms with E-state index in [1.54, 1.807) is 4.90 Å². The molecule has 12 heteroatoms. The van der Waals surface area contributed by atoms with E-state index in [-0.39, 0.29) is 28.7 Å². The van der Waals surface area contributed by atoms with Gasteiger partial charge in [0.2, 0.25) is 17.7 Å². The van der Waals surface area contributed by atoms with E-state index in [0.717, 1.165) is 52.8 Å². The van der Waals surface area contributed by atoms with Crippen molar-refractivity contribution in [3.63, 3.8) is 0 Å². The number of nitrogens with zero attached hydrogens (tertiary/aromatic N) is 4. The third-order valence-electron chi connectivity index (χ3n) is 7.53. The largest absolute Gasteiger partial charge is 0.341 e. The molecular formula is C27H24N4O6S2. The van der Waals surface area contributed by atoms with Crippen molar-refractivity contribution < 1.29 is 19.3 Å². The predicted octanol–water partition coefficient (Wildman–Crippen LogP) is 3.63. The lowest BCUT2D eigenvalue weighted by molar-refractivity contribution is -0.384. The molecule has 6 rings (SSSR count). The summed E-state index contributed by atoms with van der Waals surface area (Å²) in [6.07, 6.45) is 2.95. The molecule has 0 N–H and O–H groups in total. The van der Waals surface area contributed by atoms with E-state index >= 15 is 0 Å². The van der Waals surface area contributed by atoms with Crippen LogP contribution in [0.2, 0.25) is 0 Å². The van der Waals surface area contributed by atoms with Crippen LogP contribution < -0.4 is 9.77 Å². The number of thioether (sulfide) groups is 1. The SMILES string of the molecule is O=C(Cn1c2c(sc1=O)[C@H](c1ccccc1)C1C(=O)N(c3ccc([N+](=O)[O-])cc3)C(=O)C1S2)N1CCCCC1. The number of carbonyl (C=O) groups excluding carboxylic acids is 3. The van der Waals surface area contributed by atoms with Crippen LogP contribution in [-0.2, 0) is 20.9 Å². The summed E-state index contributed by atoms with van der Waals surface area (Å²) in [5, 5.41) is 10.8. The van der Waals surface area contributed by atoms with Gasteiger partial charge >= 0.3 is 4.87 Å². The molecule has 200 valence electrons. The van der Waals surface area contributed by atoms with Gasteiger partial charge in [0.05, 0.1) is 21.6 Å². The molecule has 2 fully saturated rings. The van der Waals surface area contributed by atoms with Crippen LogP contribution in [-0.4, -0.2) is 50.5 Å². The van der Waals surface area contributed by atoms with Crippen molar-refractivity contribution in [2.45, 2.75) is 42.0 Å². The second-order valence-corrected chi connectivity index (χ2v) is 11.9. The van der Waals surface area contributed by atoms with Gasteiger partial charge in [-0.25, -0.2) is 4.90 Å². The van der Waals surface area contributed by atoms with E-state index in [1.807, 2.05) is 30.3 Å². The lowest BCUT2D eigenvalue weighted by Crippen LogP contribution is -2.39. The topological polar surface area (TPSA) is 123 Å². The maximum atomic E-state index is 13.9. The molecule has 10 nitrogen and oxygen atoms in total. The molecule has 3 aromatic rings. The first-order valence-corrected chi connectivity index (χ1v) is 14.4. The van der Waals surface area contributed by atoms with Crippen LogP contribution in [0, 0.1) is 16.0 Å². The minimum Gasteiger partial charge on any atom is -0.341 e. The second kappa shape index (κ2) is 10.1. The van der Waals surface area contributed by atoms with E-state index in [9.17, 15) is 29.3 Å². The van der Waals surface area contributed by atoms with Crippen molar-refractivity contribution in [2.24, 2.45) is 5.92 Å². The molecule has 3 aliphatic heterocycles. The van der Waals surface area contributed by atoms with Crippen molar-refractivity contribution in [1.29, 1.82) is 0 Å². The maximum Gasteiger partial charge on any atom is 0.308 e. The maximum absolute atomic E-state index is 13.9. The molecule has 0 spiro atoms. The van der Waals surface area contributed by atoms with Gasteiger partial charge in [-0.3, -0.25) is 33.9 Å². The number of thiazole rings is 1. The molecule has 3 aliphatic rings. The fourth-order valence-corrected chi connectivity index (χ4v) is 8.40. The fourth-order valence-electron chi connectivity index (χ4n) is 5.63. The van der Waals surface area contributed by atoms with Gasteiger partial charge in [-0.05, 0) is 37.0 Å². The highest BCUT2D eigenvalue weighted by atomic mass is 32.2. The quantitative estimate of drug-likeness (QED) is 0.263. The number of rotatable bonds is 5. The third-order valence-corrected chi connectivity index (χ3v) is 10.1. The number of nitro groups is 1. The Bertz CT molecular complexity index is 1530. The van der Waals surface area contributed by atoms with Crippen LogP contribution in [0.15, 0.2) is 64.4 Å². The second-order valence-electron chi connectivity index (χ2n) is 9.80. The van der Waals surface area contributed by atoms with E-state index < -0.39 is 33.8 Å². The highest BCUT2D eigenvalue weighted by Crippen LogP contribution is 2.53. The third kappa shape index (κ3) is 4.37. The van der Waals surface area contributed by atoms with Crippen LogP contribution in [0.1, 0.15) is 35.6 Å². The van der Waals surface area contributed by atoms with Crippen molar-refractivity contribution in [3.05, 3.63) is 84.8 Å². The smallest absolute Gasteiger partial charge is 0.308 e. The van der Waals surface area contributed by atoms with E-state index in [4.69, 9.17) is 0 Å². The number of nitro benzene ring substituents is 1. The lowest BCUT2D eigenvalue weighted by atomic mass is 9.83. The monoisotopic (exact) mass is 564 g/mol. The van der Waals surface area contributed by atoms with E-state index in [1.165, 1.54) is 28.8 Å². The van der Waals surface area contributed by atoms with Gasteiger partial charge in [0, 0.05) is 36.0 Å². The molecule has 3 amide bonds. The summed E-state index contributed by atoms with van der Waals surface area (Å²) in [6, 6.07) is 14.6. The number of anilines is 1. The Labute approximate surface area is 231 Å². The van der Waals surface area contributed by atoms with Gasteiger partial charge in [0.1, 0.15) is 11.8 Å². The van der Waals surface area contributed by atoms with Crippen LogP contribution >= 0.6 is 23.1 Å². The number of hydrogen-bond acceptors (Lipinski definition) is 8. The average Bonchev–Trinajstić information content (AvgIpc) is 3.40. The van der Waals surface area contributed by atoms with Crippen molar-refractivity contribution in [3.8, 4) is 0 Å². The zero-order chi connectivity index (χ0) is 27.3. The first-order chi connectivity index (χ1) is 18.8. The van der Waals surface area contributed by atoms with Crippen molar-refractivity contribution >= 4 is 52.2 Å². The average molecular weight is 565 g/mol. The molecule has 3 atom stereocenters. The Morgan fingerprint density at radius 2 is 1.64 bits per heavy atom. The van der Waals surface area contributed by atoms with Crippen LogP contribution in [0.4, 0.5) is 11.4 Å². The molecule has 0 aliphatic carbocycles. The molecule has 1 aromatic heterocycles. The van der Waals surface area contributed by atoms with Crippen LogP contribution in [0.25, 0.3) is 0 Å². The first-order valence-electron chi connectivity index (χ1n) is 12.7. The molecule has 0 saturated carbocycles. The van der Waals surface area contributed by atoms with Gasteiger partial charge in [0.25, 0.3) is 5.69 Å². The normalized spacial score (nSPS) is 22.5. The molecule has 2 saturated heterocycles. The van der Waals surface area contributed by atoms with Crippen molar-refractivity contribution in [1.82, 2.24) is 9.47 Å². The minimum absolute atomic E-state index is 0.106.